The fourth-order valence-corrected chi connectivity index (χ4v) is 4.29. The lowest BCUT2D eigenvalue weighted by molar-refractivity contribution is -0.130. The molecule has 1 saturated heterocycles. The van der Waals surface area contributed by atoms with Crippen molar-refractivity contribution in [2.45, 2.75) is 33.6 Å². The zero-order valence-electron chi connectivity index (χ0n) is 20.0. The van der Waals surface area contributed by atoms with E-state index in [0.29, 0.717) is 19.5 Å². The summed E-state index contributed by atoms with van der Waals surface area (Å²) in [4.78, 5) is 26.6. The molecule has 3 aromatic rings. The van der Waals surface area contributed by atoms with E-state index < -0.39 is 0 Å². The van der Waals surface area contributed by atoms with Crippen LogP contribution in [0.25, 0.3) is 0 Å². The molecule has 0 aliphatic carbocycles. The topological polar surface area (TPSA) is 58.6 Å². The van der Waals surface area contributed by atoms with E-state index in [1.807, 2.05) is 36.1 Å². The molecule has 1 aliphatic heterocycles. The smallest absolute Gasteiger partial charge is 0.227 e. The van der Waals surface area contributed by atoms with Crippen molar-refractivity contribution in [2.24, 2.45) is 0 Å². The summed E-state index contributed by atoms with van der Waals surface area (Å²) in [5.41, 5.74) is 5.71. The number of carbonyl (C=O) groups is 1. The highest BCUT2D eigenvalue weighted by molar-refractivity contribution is 5.79. The summed E-state index contributed by atoms with van der Waals surface area (Å²) in [6, 6.07) is 16.3. The fourth-order valence-electron chi connectivity index (χ4n) is 4.29. The number of aryl methyl sites for hydroxylation is 3. The van der Waals surface area contributed by atoms with Gasteiger partial charge in [-0.25, -0.2) is 9.97 Å². The van der Waals surface area contributed by atoms with Crippen LogP contribution in [-0.2, 0) is 17.6 Å². The van der Waals surface area contributed by atoms with Gasteiger partial charge in [-0.15, -0.1) is 0 Å². The number of carbonyl (C=O) groups excluding carboxylic acids is 1. The SMILES string of the molecule is COc1ccc(CC(=O)N2CCN(c3nc(C)nc(C)c3Cc3ccc(C)cc3)CC2)cc1. The molecule has 172 valence electrons. The van der Waals surface area contributed by atoms with Crippen LogP contribution in [0.3, 0.4) is 0 Å². The highest BCUT2D eigenvalue weighted by atomic mass is 16.5. The Labute approximate surface area is 196 Å². The Hall–Kier alpha value is -3.41. The Balaban J connectivity index is 1.44. The zero-order chi connectivity index (χ0) is 23.4. The number of rotatable bonds is 6. The summed E-state index contributed by atoms with van der Waals surface area (Å²) < 4.78 is 5.20. The summed E-state index contributed by atoms with van der Waals surface area (Å²) in [5.74, 6) is 2.75. The number of piperazine rings is 1. The third kappa shape index (κ3) is 5.51. The number of anilines is 1. The minimum absolute atomic E-state index is 0.162. The number of nitrogens with zero attached hydrogens (tertiary/aromatic N) is 4. The molecule has 4 rings (SSSR count). The summed E-state index contributed by atoms with van der Waals surface area (Å²) in [5, 5.41) is 0. The van der Waals surface area contributed by atoms with Gasteiger partial charge in [0.25, 0.3) is 0 Å². The minimum atomic E-state index is 0.162. The van der Waals surface area contributed by atoms with Crippen LogP contribution in [0, 0.1) is 20.8 Å². The normalized spacial score (nSPS) is 13.8. The molecule has 1 aromatic heterocycles. The van der Waals surface area contributed by atoms with Crippen molar-refractivity contribution in [3.05, 3.63) is 82.3 Å². The van der Waals surface area contributed by atoms with Crippen molar-refractivity contribution in [1.29, 1.82) is 0 Å². The van der Waals surface area contributed by atoms with E-state index in [4.69, 9.17) is 9.72 Å². The van der Waals surface area contributed by atoms with Crippen molar-refractivity contribution in [2.75, 3.05) is 38.2 Å². The molecule has 2 heterocycles. The van der Waals surface area contributed by atoms with Crippen molar-refractivity contribution >= 4 is 11.7 Å². The monoisotopic (exact) mass is 444 g/mol. The van der Waals surface area contributed by atoms with Gasteiger partial charge < -0.3 is 14.5 Å². The molecule has 2 aromatic carbocycles. The second-order valence-corrected chi connectivity index (χ2v) is 8.71. The third-order valence-corrected chi connectivity index (χ3v) is 6.25. The second-order valence-electron chi connectivity index (χ2n) is 8.71. The third-order valence-electron chi connectivity index (χ3n) is 6.25. The van der Waals surface area contributed by atoms with Crippen molar-refractivity contribution in [1.82, 2.24) is 14.9 Å². The maximum atomic E-state index is 12.9. The van der Waals surface area contributed by atoms with Crippen LogP contribution in [-0.4, -0.2) is 54.1 Å². The number of amides is 1. The molecular formula is C27H32N4O2. The largest absolute Gasteiger partial charge is 0.497 e. The lowest BCUT2D eigenvalue weighted by atomic mass is 10.0. The van der Waals surface area contributed by atoms with E-state index in [2.05, 4.69) is 48.0 Å². The van der Waals surface area contributed by atoms with Crippen LogP contribution in [0.15, 0.2) is 48.5 Å². The molecule has 0 atom stereocenters. The van der Waals surface area contributed by atoms with Gasteiger partial charge in [0.15, 0.2) is 0 Å². The Kier molecular flexibility index (Phi) is 6.92. The summed E-state index contributed by atoms with van der Waals surface area (Å²) in [6.45, 7) is 9.04. The van der Waals surface area contributed by atoms with Crippen molar-refractivity contribution in [3.63, 3.8) is 0 Å². The number of hydrogen-bond donors (Lipinski definition) is 0. The fraction of sp³-hybridized carbons (Fsp3) is 0.370. The number of aromatic nitrogens is 2. The quantitative estimate of drug-likeness (QED) is 0.577. The second kappa shape index (κ2) is 10.0. The Morgan fingerprint density at radius 1 is 0.879 bits per heavy atom. The molecular weight excluding hydrogens is 412 g/mol. The highest BCUT2D eigenvalue weighted by Crippen LogP contribution is 2.25. The van der Waals surface area contributed by atoms with Gasteiger partial charge in [0.1, 0.15) is 17.4 Å². The first-order valence-corrected chi connectivity index (χ1v) is 11.5. The first-order valence-electron chi connectivity index (χ1n) is 11.5. The molecule has 0 unspecified atom stereocenters. The predicted octanol–water partition coefficient (Wildman–Crippen LogP) is 3.89. The van der Waals surface area contributed by atoms with E-state index in [0.717, 1.165) is 48.2 Å². The van der Waals surface area contributed by atoms with Gasteiger partial charge in [-0.2, -0.15) is 0 Å². The van der Waals surface area contributed by atoms with Crippen LogP contribution < -0.4 is 9.64 Å². The van der Waals surface area contributed by atoms with Crippen LogP contribution >= 0.6 is 0 Å². The van der Waals surface area contributed by atoms with E-state index in [-0.39, 0.29) is 5.91 Å². The molecule has 0 N–H and O–H groups in total. The summed E-state index contributed by atoms with van der Waals surface area (Å²) in [6.07, 6.45) is 1.22. The molecule has 0 radical (unpaired) electrons. The molecule has 1 aliphatic rings. The summed E-state index contributed by atoms with van der Waals surface area (Å²) in [7, 11) is 1.65. The molecule has 0 saturated carbocycles. The number of benzene rings is 2. The van der Waals surface area contributed by atoms with E-state index in [1.165, 1.54) is 16.7 Å². The average Bonchev–Trinajstić information content (AvgIpc) is 2.82. The van der Waals surface area contributed by atoms with Gasteiger partial charge in [0, 0.05) is 43.9 Å². The maximum Gasteiger partial charge on any atom is 0.227 e. The molecule has 1 amide bonds. The van der Waals surface area contributed by atoms with Crippen molar-refractivity contribution in [3.8, 4) is 5.75 Å². The van der Waals surface area contributed by atoms with Gasteiger partial charge >= 0.3 is 0 Å². The Bertz CT molecular complexity index is 1100. The standard InChI is InChI=1S/C27H32N4O2/c1-19-5-7-22(8-6-19)17-25-20(2)28-21(3)29-27(25)31-15-13-30(14-16-31)26(32)18-23-9-11-24(33-4)12-10-23/h5-12H,13-18H2,1-4H3. The molecule has 0 spiro atoms. The first-order chi connectivity index (χ1) is 15.9. The van der Waals surface area contributed by atoms with Crippen molar-refractivity contribution < 1.29 is 9.53 Å². The number of hydrogen-bond acceptors (Lipinski definition) is 5. The lowest BCUT2D eigenvalue weighted by Gasteiger charge is -2.36. The minimum Gasteiger partial charge on any atom is -0.497 e. The molecule has 6 nitrogen and oxygen atoms in total. The van der Waals surface area contributed by atoms with E-state index >= 15 is 0 Å². The van der Waals surface area contributed by atoms with Crippen LogP contribution in [0.5, 0.6) is 5.75 Å². The Morgan fingerprint density at radius 2 is 1.52 bits per heavy atom. The zero-order valence-corrected chi connectivity index (χ0v) is 20.0. The first kappa shape index (κ1) is 22.8. The Morgan fingerprint density at radius 3 is 2.15 bits per heavy atom. The molecule has 33 heavy (non-hydrogen) atoms. The molecule has 0 bridgehead atoms. The number of methoxy groups -OCH3 is 1. The van der Waals surface area contributed by atoms with E-state index in [9.17, 15) is 4.79 Å². The van der Waals surface area contributed by atoms with Crippen LogP contribution in [0.2, 0.25) is 0 Å². The van der Waals surface area contributed by atoms with Gasteiger partial charge in [0.2, 0.25) is 5.91 Å². The van der Waals surface area contributed by atoms with Crippen LogP contribution in [0.1, 0.15) is 33.8 Å². The highest BCUT2D eigenvalue weighted by Gasteiger charge is 2.25. The molecule has 1 fully saturated rings. The van der Waals surface area contributed by atoms with Gasteiger partial charge in [-0.05, 0) is 44.0 Å². The average molecular weight is 445 g/mol. The summed E-state index contributed by atoms with van der Waals surface area (Å²) >= 11 is 0. The van der Waals surface area contributed by atoms with Gasteiger partial charge in [0.05, 0.1) is 13.5 Å². The maximum absolute atomic E-state index is 12.9. The van der Waals surface area contributed by atoms with Crippen LogP contribution in [0.4, 0.5) is 5.82 Å². The van der Waals surface area contributed by atoms with Gasteiger partial charge in [-0.3, -0.25) is 4.79 Å². The number of ether oxygens (including phenoxy) is 1. The lowest BCUT2D eigenvalue weighted by Crippen LogP contribution is -2.49. The predicted molar refractivity (Wildman–Crippen MR) is 131 cm³/mol. The van der Waals surface area contributed by atoms with E-state index in [1.54, 1.807) is 7.11 Å². The molecule has 6 heteroatoms. The van der Waals surface area contributed by atoms with Gasteiger partial charge in [-0.1, -0.05) is 42.0 Å².